The summed E-state index contributed by atoms with van der Waals surface area (Å²) in [5.74, 6) is 0.608. The van der Waals surface area contributed by atoms with Crippen molar-refractivity contribution in [1.29, 1.82) is 0 Å². The third kappa shape index (κ3) is 4.26. The Balaban J connectivity index is 1.88. The number of aromatic nitrogens is 2. The van der Waals surface area contributed by atoms with Gasteiger partial charge in [-0.15, -0.1) is 0 Å². The topological polar surface area (TPSA) is 64.4 Å². The number of aryl methyl sites for hydroxylation is 1. The molecule has 0 saturated heterocycles. The molecular weight excluding hydrogens is 348 g/mol. The van der Waals surface area contributed by atoms with Crippen LogP contribution in [0.5, 0.6) is 11.5 Å². The van der Waals surface area contributed by atoms with Crippen LogP contribution in [0.15, 0.2) is 64.9 Å². The Bertz CT molecular complexity index is 917. The van der Waals surface area contributed by atoms with Gasteiger partial charge in [-0.25, -0.2) is 9.78 Å². The molecule has 3 rings (SSSR count). The van der Waals surface area contributed by atoms with Crippen LogP contribution in [-0.2, 0) is 7.05 Å². The predicted molar refractivity (Wildman–Crippen MR) is 101 cm³/mol. The zero-order chi connectivity index (χ0) is 18.7. The van der Waals surface area contributed by atoms with E-state index in [1.165, 1.54) is 23.4 Å². The Kier molecular flexibility index (Phi) is 5.32. The summed E-state index contributed by atoms with van der Waals surface area (Å²) < 4.78 is 7.77. The molecule has 0 aliphatic carbocycles. The zero-order valence-electron chi connectivity index (χ0n) is 14.8. The number of benzene rings is 2. The van der Waals surface area contributed by atoms with Gasteiger partial charge in [0, 0.05) is 24.3 Å². The van der Waals surface area contributed by atoms with Gasteiger partial charge in [0.2, 0.25) is 0 Å². The van der Waals surface area contributed by atoms with Crippen LogP contribution >= 0.6 is 11.8 Å². The van der Waals surface area contributed by atoms with Crippen molar-refractivity contribution in [3.05, 3.63) is 66.0 Å². The molecule has 134 valence electrons. The highest BCUT2D eigenvalue weighted by Gasteiger charge is 2.11. The number of carbonyl (C=O) groups is 1. The second-order valence-electron chi connectivity index (χ2n) is 6.25. The lowest BCUT2D eigenvalue weighted by atomic mass is 10.0. The second kappa shape index (κ2) is 7.66. The third-order valence-electron chi connectivity index (χ3n) is 3.90. The van der Waals surface area contributed by atoms with E-state index in [1.54, 1.807) is 12.3 Å². The van der Waals surface area contributed by atoms with Crippen LogP contribution in [-0.4, -0.2) is 20.6 Å². The number of ether oxygens (including phenoxy) is 1. The number of hydrogen-bond acceptors (Lipinski definition) is 4. The van der Waals surface area contributed by atoms with Crippen LogP contribution in [0.2, 0.25) is 0 Å². The number of nitrogens with zero attached hydrogens (tertiary/aromatic N) is 2. The summed E-state index contributed by atoms with van der Waals surface area (Å²) in [6.45, 7) is 4.26. The van der Waals surface area contributed by atoms with Gasteiger partial charge in [-0.2, -0.15) is 0 Å². The standard InChI is InChI=1S/C20H20N2O3S/c1-13(2)14-4-6-16(7-5-14)25-17-10-15(19(23)24)11-18(12-17)26-20-21-8-9-22(20)3/h4-13H,1-3H3,(H,23,24). The molecule has 5 nitrogen and oxygen atoms in total. The van der Waals surface area contributed by atoms with Crippen molar-refractivity contribution in [3.63, 3.8) is 0 Å². The average Bonchev–Trinajstić information content (AvgIpc) is 3.00. The summed E-state index contributed by atoms with van der Waals surface area (Å²) in [5, 5.41) is 10.2. The Morgan fingerprint density at radius 1 is 1.15 bits per heavy atom. The Labute approximate surface area is 156 Å². The first kappa shape index (κ1) is 18.1. The van der Waals surface area contributed by atoms with Crippen molar-refractivity contribution < 1.29 is 14.6 Å². The van der Waals surface area contributed by atoms with E-state index in [0.717, 1.165) is 10.1 Å². The first-order valence-corrected chi connectivity index (χ1v) is 9.05. The maximum atomic E-state index is 11.5. The van der Waals surface area contributed by atoms with Crippen molar-refractivity contribution in [3.8, 4) is 11.5 Å². The van der Waals surface area contributed by atoms with Gasteiger partial charge in [-0.3, -0.25) is 0 Å². The Morgan fingerprint density at radius 2 is 1.88 bits per heavy atom. The fraction of sp³-hybridized carbons (Fsp3) is 0.200. The summed E-state index contributed by atoms with van der Waals surface area (Å²) in [6, 6.07) is 12.8. The molecule has 26 heavy (non-hydrogen) atoms. The van der Waals surface area contributed by atoms with Crippen molar-refractivity contribution >= 4 is 17.7 Å². The van der Waals surface area contributed by atoms with Crippen molar-refractivity contribution in [1.82, 2.24) is 9.55 Å². The van der Waals surface area contributed by atoms with Crippen LogP contribution in [0.1, 0.15) is 35.7 Å². The number of carboxylic acids is 1. The molecule has 0 spiro atoms. The fourth-order valence-electron chi connectivity index (χ4n) is 2.43. The lowest BCUT2D eigenvalue weighted by molar-refractivity contribution is 0.0696. The maximum absolute atomic E-state index is 11.5. The lowest BCUT2D eigenvalue weighted by Gasteiger charge is -2.11. The Hall–Kier alpha value is -2.73. The molecule has 0 radical (unpaired) electrons. The van der Waals surface area contributed by atoms with E-state index < -0.39 is 5.97 Å². The van der Waals surface area contributed by atoms with E-state index >= 15 is 0 Å². The molecule has 0 unspecified atom stereocenters. The number of hydrogen-bond donors (Lipinski definition) is 1. The van der Waals surface area contributed by atoms with Gasteiger partial charge in [0.15, 0.2) is 5.16 Å². The summed E-state index contributed by atoms with van der Waals surface area (Å²) in [6.07, 6.45) is 3.55. The molecule has 1 N–H and O–H groups in total. The molecule has 0 aliphatic heterocycles. The summed E-state index contributed by atoms with van der Waals surface area (Å²) in [7, 11) is 1.89. The van der Waals surface area contributed by atoms with Gasteiger partial charge in [-0.1, -0.05) is 37.7 Å². The van der Waals surface area contributed by atoms with E-state index in [2.05, 4.69) is 18.8 Å². The quantitative estimate of drug-likeness (QED) is 0.649. The first-order chi connectivity index (χ1) is 12.4. The summed E-state index contributed by atoms with van der Waals surface area (Å²) in [5.41, 5.74) is 1.40. The molecule has 0 atom stereocenters. The van der Waals surface area contributed by atoms with E-state index in [9.17, 15) is 9.90 Å². The SMILES string of the molecule is CC(C)c1ccc(Oc2cc(Sc3nccn3C)cc(C(=O)O)c2)cc1. The monoisotopic (exact) mass is 368 g/mol. The average molecular weight is 368 g/mol. The normalized spacial score (nSPS) is 10.9. The number of rotatable bonds is 6. The minimum atomic E-state index is -0.993. The molecule has 0 fully saturated rings. The van der Waals surface area contributed by atoms with Gasteiger partial charge in [0.1, 0.15) is 11.5 Å². The number of imidazole rings is 1. The van der Waals surface area contributed by atoms with Crippen molar-refractivity contribution in [2.24, 2.45) is 7.05 Å². The van der Waals surface area contributed by atoms with Gasteiger partial charge in [0.25, 0.3) is 0 Å². The number of aromatic carboxylic acids is 1. The minimum Gasteiger partial charge on any atom is -0.478 e. The molecule has 3 aromatic rings. The van der Waals surface area contributed by atoms with Crippen LogP contribution in [0.4, 0.5) is 0 Å². The van der Waals surface area contributed by atoms with Gasteiger partial charge in [0.05, 0.1) is 5.56 Å². The van der Waals surface area contributed by atoms with Crippen molar-refractivity contribution in [2.45, 2.75) is 29.8 Å². The predicted octanol–water partition coefficient (Wildman–Crippen LogP) is 5.19. The molecule has 6 heteroatoms. The Morgan fingerprint density at radius 3 is 2.46 bits per heavy atom. The first-order valence-electron chi connectivity index (χ1n) is 8.24. The molecule has 0 aliphatic rings. The highest BCUT2D eigenvalue weighted by Crippen LogP contribution is 2.32. The van der Waals surface area contributed by atoms with E-state index in [-0.39, 0.29) is 5.56 Å². The third-order valence-corrected chi connectivity index (χ3v) is 4.94. The summed E-state index contributed by atoms with van der Waals surface area (Å²) >= 11 is 1.39. The summed E-state index contributed by atoms with van der Waals surface area (Å²) in [4.78, 5) is 16.5. The largest absolute Gasteiger partial charge is 0.478 e. The van der Waals surface area contributed by atoms with E-state index in [0.29, 0.717) is 17.4 Å². The number of carboxylic acid groups (broad SMARTS) is 1. The van der Waals surface area contributed by atoms with E-state index in [4.69, 9.17) is 4.74 Å². The van der Waals surface area contributed by atoms with Crippen molar-refractivity contribution in [2.75, 3.05) is 0 Å². The highest BCUT2D eigenvalue weighted by molar-refractivity contribution is 7.99. The van der Waals surface area contributed by atoms with Gasteiger partial charge >= 0.3 is 5.97 Å². The fourth-order valence-corrected chi connectivity index (χ4v) is 3.32. The molecule has 0 bridgehead atoms. The molecule has 2 aromatic carbocycles. The van der Waals surface area contributed by atoms with Gasteiger partial charge < -0.3 is 14.4 Å². The molecule has 1 aromatic heterocycles. The zero-order valence-corrected chi connectivity index (χ0v) is 15.7. The van der Waals surface area contributed by atoms with Crippen LogP contribution in [0.25, 0.3) is 0 Å². The molecule has 1 heterocycles. The van der Waals surface area contributed by atoms with Crippen LogP contribution in [0, 0.1) is 0 Å². The van der Waals surface area contributed by atoms with E-state index in [1.807, 2.05) is 48.1 Å². The lowest BCUT2D eigenvalue weighted by Crippen LogP contribution is -1.98. The van der Waals surface area contributed by atoms with Gasteiger partial charge in [-0.05, 0) is 41.8 Å². The van der Waals surface area contributed by atoms with Crippen LogP contribution < -0.4 is 4.74 Å². The van der Waals surface area contributed by atoms with Crippen LogP contribution in [0.3, 0.4) is 0 Å². The molecular formula is C20H20N2O3S. The maximum Gasteiger partial charge on any atom is 0.335 e. The molecule has 0 amide bonds. The minimum absolute atomic E-state index is 0.179. The smallest absolute Gasteiger partial charge is 0.335 e. The highest BCUT2D eigenvalue weighted by atomic mass is 32.2. The molecule has 0 saturated carbocycles. The second-order valence-corrected chi connectivity index (χ2v) is 7.29.